The van der Waals surface area contributed by atoms with E-state index in [4.69, 9.17) is 0 Å². The Hall–Kier alpha value is -2.91. The Balaban J connectivity index is 1.71. The van der Waals surface area contributed by atoms with E-state index in [-0.39, 0.29) is 29.6 Å². The van der Waals surface area contributed by atoms with Crippen LogP contribution < -0.4 is 15.7 Å². The molecule has 0 atom stereocenters. The molecule has 0 aliphatic heterocycles. The Morgan fingerprint density at radius 3 is 2.18 bits per heavy atom. The molecule has 28 heavy (non-hydrogen) atoms. The van der Waals surface area contributed by atoms with Gasteiger partial charge in [-0.15, -0.1) is 0 Å². The van der Waals surface area contributed by atoms with E-state index in [1.807, 2.05) is 31.2 Å². The van der Waals surface area contributed by atoms with Crippen LogP contribution in [0.25, 0.3) is 11.0 Å². The van der Waals surface area contributed by atoms with Gasteiger partial charge >= 0.3 is 5.69 Å². The normalized spacial score (nSPS) is 11.6. The van der Waals surface area contributed by atoms with Crippen molar-refractivity contribution in [3.63, 3.8) is 0 Å². The molecule has 8 nitrogen and oxygen atoms in total. The van der Waals surface area contributed by atoms with Crippen molar-refractivity contribution >= 4 is 27.0 Å². The van der Waals surface area contributed by atoms with Crippen molar-refractivity contribution < 1.29 is 13.2 Å². The first-order valence-corrected chi connectivity index (χ1v) is 10.3. The van der Waals surface area contributed by atoms with Gasteiger partial charge in [0.15, 0.2) is 0 Å². The first-order chi connectivity index (χ1) is 13.4. The summed E-state index contributed by atoms with van der Waals surface area (Å²) in [6, 6.07) is 13.6. The summed E-state index contributed by atoms with van der Waals surface area (Å²) in [5, 5.41) is 2.77. The van der Waals surface area contributed by atoms with Gasteiger partial charge in [-0.2, -0.15) is 0 Å². The SMILES string of the molecule is CCn1c(=O)n(CC(=O)NCc2ccc(S(=O)(=O)NC)cc2)c2ccccc21. The predicted octanol–water partition coefficient (Wildman–Crippen LogP) is 1.05. The molecular weight excluding hydrogens is 380 g/mol. The Morgan fingerprint density at radius 2 is 1.61 bits per heavy atom. The van der Waals surface area contributed by atoms with Crippen LogP contribution in [0.1, 0.15) is 12.5 Å². The van der Waals surface area contributed by atoms with E-state index in [0.717, 1.165) is 11.1 Å². The minimum Gasteiger partial charge on any atom is -0.350 e. The van der Waals surface area contributed by atoms with E-state index in [1.165, 1.54) is 23.7 Å². The molecule has 0 bridgehead atoms. The average molecular weight is 402 g/mol. The van der Waals surface area contributed by atoms with Gasteiger partial charge in [-0.05, 0) is 43.8 Å². The standard InChI is InChI=1S/C19H22N4O4S/c1-3-22-16-6-4-5-7-17(16)23(19(22)25)13-18(24)21-12-14-8-10-15(11-9-14)28(26,27)20-2/h4-11,20H,3,12-13H2,1-2H3,(H,21,24). The number of hydrogen-bond donors (Lipinski definition) is 2. The fourth-order valence-electron chi connectivity index (χ4n) is 3.04. The summed E-state index contributed by atoms with van der Waals surface area (Å²) < 4.78 is 28.8. The van der Waals surface area contributed by atoms with Crippen LogP contribution in [-0.2, 0) is 34.5 Å². The van der Waals surface area contributed by atoms with Crippen molar-refractivity contribution in [1.82, 2.24) is 19.2 Å². The highest BCUT2D eigenvalue weighted by molar-refractivity contribution is 7.89. The second-order valence-electron chi connectivity index (χ2n) is 6.23. The van der Waals surface area contributed by atoms with E-state index >= 15 is 0 Å². The third kappa shape index (κ3) is 3.85. The molecule has 0 unspecified atom stereocenters. The number of amides is 1. The summed E-state index contributed by atoms with van der Waals surface area (Å²) in [5.74, 6) is -0.298. The van der Waals surface area contributed by atoms with E-state index in [1.54, 1.807) is 16.7 Å². The van der Waals surface area contributed by atoms with Crippen LogP contribution in [0.3, 0.4) is 0 Å². The number of nitrogens with one attached hydrogen (secondary N) is 2. The lowest BCUT2D eigenvalue weighted by Gasteiger charge is -2.08. The number of para-hydroxylation sites is 2. The molecule has 0 fully saturated rings. The van der Waals surface area contributed by atoms with Gasteiger partial charge in [0, 0.05) is 13.1 Å². The van der Waals surface area contributed by atoms with Crippen LogP contribution in [0.15, 0.2) is 58.2 Å². The lowest BCUT2D eigenvalue weighted by molar-refractivity contribution is -0.121. The number of carbonyl (C=O) groups is 1. The van der Waals surface area contributed by atoms with Crippen molar-refractivity contribution in [1.29, 1.82) is 0 Å². The minimum atomic E-state index is -3.49. The second-order valence-corrected chi connectivity index (χ2v) is 8.12. The fourth-order valence-corrected chi connectivity index (χ4v) is 3.77. The Bertz CT molecular complexity index is 1160. The molecular formula is C19H22N4O4S. The quantitative estimate of drug-likeness (QED) is 0.617. The molecule has 0 spiro atoms. The zero-order valence-corrected chi connectivity index (χ0v) is 16.5. The minimum absolute atomic E-state index is 0.0848. The number of carbonyl (C=O) groups excluding carboxylic acids is 1. The van der Waals surface area contributed by atoms with E-state index < -0.39 is 10.0 Å². The summed E-state index contributed by atoms with van der Waals surface area (Å²) in [4.78, 5) is 25.1. The van der Waals surface area contributed by atoms with Gasteiger partial charge < -0.3 is 5.32 Å². The van der Waals surface area contributed by atoms with Crippen molar-refractivity contribution in [3.05, 3.63) is 64.6 Å². The molecule has 0 saturated heterocycles. The zero-order chi connectivity index (χ0) is 20.3. The second kappa shape index (κ2) is 7.99. The topological polar surface area (TPSA) is 102 Å². The van der Waals surface area contributed by atoms with Gasteiger partial charge in [0.1, 0.15) is 6.54 Å². The summed E-state index contributed by atoms with van der Waals surface area (Å²) in [5.41, 5.74) is 2.04. The first-order valence-electron chi connectivity index (χ1n) is 8.84. The number of hydrogen-bond acceptors (Lipinski definition) is 4. The number of nitrogens with zero attached hydrogens (tertiary/aromatic N) is 2. The summed E-state index contributed by atoms with van der Waals surface area (Å²) in [7, 11) is -2.14. The first kappa shape index (κ1) is 19.8. The van der Waals surface area contributed by atoms with Crippen molar-refractivity contribution in [2.75, 3.05) is 7.05 Å². The van der Waals surface area contributed by atoms with Crippen LogP contribution in [-0.4, -0.2) is 30.5 Å². The van der Waals surface area contributed by atoms with E-state index in [0.29, 0.717) is 12.1 Å². The summed E-state index contributed by atoms with van der Waals surface area (Å²) in [6.45, 7) is 2.56. The highest BCUT2D eigenvalue weighted by Crippen LogP contribution is 2.13. The maximum atomic E-state index is 12.6. The number of imidazole rings is 1. The van der Waals surface area contributed by atoms with Crippen LogP contribution >= 0.6 is 0 Å². The number of fused-ring (bicyclic) bond motifs is 1. The van der Waals surface area contributed by atoms with Gasteiger partial charge in [0.2, 0.25) is 15.9 Å². The average Bonchev–Trinajstić information content (AvgIpc) is 2.97. The molecule has 148 valence electrons. The molecule has 1 aromatic heterocycles. The van der Waals surface area contributed by atoms with Crippen molar-refractivity contribution in [2.24, 2.45) is 0 Å². The monoisotopic (exact) mass is 402 g/mol. The Labute approximate surface area is 162 Å². The number of rotatable bonds is 7. The molecule has 9 heteroatoms. The molecule has 0 saturated carbocycles. The van der Waals surface area contributed by atoms with Crippen LogP contribution in [0.2, 0.25) is 0 Å². The smallest absolute Gasteiger partial charge is 0.329 e. The fraction of sp³-hybridized carbons (Fsp3) is 0.263. The number of aryl methyl sites for hydroxylation is 1. The van der Waals surface area contributed by atoms with Gasteiger partial charge in [-0.25, -0.2) is 17.9 Å². The van der Waals surface area contributed by atoms with Crippen molar-refractivity contribution in [3.8, 4) is 0 Å². The maximum absolute atomic E-state index is 12.6. The lowest BCUT2D eigenvalue weighted by Crippen LogP contribution is -2.32. The molecule has 1 amide bonds. The molecule has 0 aliphatic rings. The van der Waals surface area contributed by atoms with Gasteiger partial charge in [-0.3, -0.25) is 13.9 Å². The number of aromatic nitrogens is 2. The molecule has 2 N–H and O–H groups in total. The summed E-state index contributed by atoms with van der Waals surface area (Å²) >= 11 is 0. The van der Waals surface area contributed by atoms with E-state index in [9.17, 15) is 18.0 Å². The van der Waals surface area contributed by atoms with Crippen LogP contribution in [0.4, 0.5) is 0 Å². The van der Waals surface area contributed by atoms with Gasteiger partial charge in [0.05, 0.1) is 15.9 Å². The van der Waals surface area contributed by atoms with Crippen LogP contribution in [0, 0.1) is 0 Å². The van der Waals surface area contributed by atoms with E-state index in [2.05, 4.69) is 10.0 Å². The van der Waals surface area contributed by atoms with Crippen LogP contribution in [0.5, 0.6) is 0 Å². The Kier molecular flexibility index (Phi) is 5.66. The zero-order valence-electron chi connectivity index (χ0n) is 15.7. The molecule has 3 rings (SSSR count). The van der Waals surface area contributed by atoms with Gasteiger partial charge in [-0.1, -0.05) is 24.3 Å². The predicted molar refractivity (Wildman–Crippen MR) is 106 cm³/mol. The molecule has 2 aromatic carbocycles. The molecule has 1 heterocycles. The number of sulfonamides is 1. The Morgan fingerprint density at radius 1 is 1.00 bits per heavy atom. The summed E-state index contributed by atoms with van der Waals surface area (Å²) in [6.07, 6.45) is 0. The number of benzene rings is 2. The molecule has 3 aromatic rings. The van der Waals surface area contributed by atoms with Gasteiger partial charge in [0.25, 0.3) is 0 Å². The third-order valence-electron chi connectivity index (χ3n) is 4.54. The van der Waals surface area contributed by atoms with Crippen molar-refractivity contribution in [2.45, 2.75) is 31.5 Å². The largest absolute Gasteiger partial charge is 0.350 e. The third-order valence-corrected chi connectivity index (χ3v) is 5.97. The molecule has 0 radical (unpaired) electrons. The highest BCUT2D eigenvalue weighted by atomic mass is 32.2. The lowest BCUT2D eigenvalue weighted by atomic mass is 10.2. The maximum Gasteiger partial charge on any atom is 0.329 e. The molecule has 0 aliphatic carbocycles. The highest BCUT2D eigenvalue weighted by Gasteiger charge is 2.14.